The van der Waals surface area contributed by atoms with Gasteiger partial charge in [-0.1, -0.05) is 47.8 Å². The highest BCUT2D eigenvalue weighted by atomic mass is 79.9. The lowest BCUT2D eigenvalue weighted by molar-refractivity contribution is -0.150. The molecule has 0 heterocycles. The van der Waals surface area contributed by atoms with Gasteiger partial charge in [-0.15, -0.1) is 0 Å². The topological polar surface area (TPSA) is 168 Å². The van der Waals surface area contributed by atoms with Gasteiger partial charge in [-0.3, -0.25) is 28.8 Å². The number of nitrogens with zero attached hydrogens (tertiary/aromatic N) is 3. The summed E-state index contributed by atoms with van der Waals surface area (Å²) in [6.07, 6.45) is 0.00847. The lowest BCUT2D eigenvalue weighted by atomic mass is 9.83. The van der Waals surface area contributed by atoms with Crippen molar-refractivity contribution in [3.63, 3.8) is 0 Å². The summed E-state index contributed by atoms with van der Waals surface area (Å²) in [7, 11) is 11.1. The Morgan fingerprint density at radius 2 is 0.810 bits per heavy atom. The Morgan fingerprint density at radius 3 is 1.12 bits per heavy atom. The third-order valence-corrected chi connectivity index (χ3v) is 10.6. The zero-order valence-corrected chi connectivity index (χ0v) is 40.9. The molecule has 0 bridgehead atoms. The molecule has 0 saturated heterocycles. The van der Waals surface area contributed by atoms with Crippen LogP contribution in [0.4, 0.5) is 0 Å². The van der Waals surface area contributed by atoms with Crippen molar-refractivity contribution < 1.29 is 57.2 Å². The minimum Gasteiger partial charge on any atom is -0.463 e. The van der Waals surface area contributed by atoms with Crippen molar-refractivity contribution in [1.82, 2.24) is 14.7 Å². The largest absolute Gasteiger partial charge is 0.463 e. The Morgan fingerprint density at radius 1 is 0.517 bits per heavy atom. The van der Waals surface area contributed by atoms with E-state index in [0.717, 1.165) is 0 Å². The molecular weight excluding hydrogens is 954 g/mol. The number of carbonyl (C=O) groups excluding carboxylic acids is 6. The van der Waals surface area contributed by atoms with E-state index in [9.17, 15) is 28.8 Å². The summed E-state index contributed by atoms with van der Waals surface area (Å²) in [6.45, 7) is 13.3. The highest BCUT2D eigenvalue weighted by Gasteiger charge is 2.43. The molecule has 0 aromatic heterocycles. The molecule has 0 radical (unpaired) electrons. The van der Waals surface area contributed by atoms with E-state index in [4.69, 9.17) is 28.4 Å². The number of likely N-dealkylation sites (N-methyl/N-ethyl adjacent to an activating group) is 3. The second-order valence-corrected chi connectivity index (χ2v) is 21.0. The van der Waals surface area contributed by atoms with Crippen LogP contribution in [-0.4, -0.2) is 146 Å². The van der Waals surface area contributed by atoms with Gasteiger partial charge >= 0.3 is 35.8 Å². The van der Waals surface area contributed by atoms with Crippen LogP contribution in [0, 0.1) is 16.2 Å². The Labute approximate surface area is 368 Å². The van der Waals surface area contributed by atoms with Crippen LogP contribution in [0.3, 0.4) is 0 Å². The van der Waals surface area contributed by atoms with E-state index in [1.807, 2.05) is 57.0 Å². The third-order valence-electron chi connectivity index (χ3n) is 8.57. The smallest absolute Gasteiger partial charge is 0.322 e. The second-order valence-electron chi connectivity index (χ2n) is 17.1. The van der Waals surface area contributed by atoms with Crippen molar-refractivity contribution in [3.8, 4) is 17.2 Å². The molecule has 0 fully saturated rings. The number of rotatable bonds is 24. The quantitative estimate of drug-likeness (QED) is 0.0540. The summed E-state index contributed by atoms with van der Waals surface area (Å²) in [5.41, 5.74) is -3.71. The highest BCUT2D eigenvalue weighted by molar-refractivity contribution is 9.10. The van der Waals surface area contributed by atoms with E-state index in [1.165, 1.54) is 18.2 Å². The maximum Gasteiger partial charge on any atom is 0.322 e. The summed E-state index contributed by atoms with van der Waals surface area (Å²) in [6, 6.07) is 3.85. The van der Waals surface area contributed by atoms with Crippen LogP contribution in [-0.2, 0) is 43.0 Å². The van der Waals surface area contributed by atoms with Crippen molar-refractivity contribution >= 4 is 83.6 Å². The SMILES string of the molecule is CN(C)CCOC(=O)C(Br)CC(C)(C)C(=O)Oc1cc(OC(=O)C(C)(C)CC(Br)C(=O)OCCN(C)C)cc(OC(=O)C(C)(C)CC(C)(Br)C(=O)OCCN(C)C)c1. The Kier molecular flexibility index (Phi) is 21.5. The molecule has 1 aromatic rings. The fraction of sp³-hybridized carbons (Fsp3) is 0.700. The number of ether oxygens (including phenoxy) is 6. The third kappa shape index (κ3) is 19.2. The Balaban J connectivity index is 3.40. The van der Waals surface area contributed by atoms with Gasteiger partial charge in [0.15, 0.2) is 0 Å². The molecule has 15 nitrogen and oxygen atoms in total. The van der Waals surface area contributed by atoms with Gasteiger partial charge in [0, 0.05) is 37.8 Å². The highest BCUT2D eigenvalue weighted by Crippen LogP contribution is 2.39. The number of esters is 6. The fourth-order valence-electron chi connectivity index (χ4n) is 4.97. The van der Waals surface area contributed by atoms with Gasteiger partial charge in [-0.25, -0.2) is 0 Å². The molecule has 1 aromatic carbocycles. The lowest BCUT2D eigenvalue weighted by Crippen LogP contribution is -2.41. The van der Waals surface area contributed by atoms with Gasteiger partial charge in [0.1, 0.15) is 51.0 Å². The molecule has 0 spiro atoms. The van der Waals surface area contributed by atoms with Crippen molar-refractivity contribution in [2.45, 2.75) is 81.7 Å². The molecule has 0 aliphatic carbocycles. The Hall–Kier alpha value is -2.64. The predicted octanol–water partition coefficient (Wildman–Crippen LogP) is 5.65. The summed E-state index contributed by atoms with van der Waals surface area (Å²) in [4.78, 5) is 83.0. The summed E-state index contributed by atoms with van der Waals surface area (Å²) < 4.78 is 32.1. The predicted molar refractivity (Wildman–Crippen MR) is 230 cm³/mol. The first-order chi connectivity index (χ1) is 26.5. The molecule has 3 unspecified atom stereocenters. The first-order valence-corrected chi connectivity index (χ1v) is 21.3. The van der Waals surface area contributed by atoms with E-state index in [2.05, 4.69) is 47.8 Å². The standard InChI is InChI=1S/C40H62Br3N3O12/c1-37(2,23-29(41)31(47)53-17-14-44(8)9)33(49)56-26-20-27(57-34(50)38(3,4)24-30(42)32(48)54-18-15-45(10)11)22-28(21-26)58-35(51)39(5,6)25-40(7,43)36(52)55-19-16-46(12)13/h20-22,29-30H,14-19,23-25H2,1-13H3. The van der Waals surface area contributed by atoms with Crippen LogP contribution in [0.25, 0.3) is 0 Å². The molecule has 330 valence electrons. The van der Waals surface area contributed by atoms with Crippen LogP contribution in [0.5, 0.6) is 17.2 Å². The van der Waals surface area contributed by atoms with Gasteiger partial charge in [-0.05, 0) is 110 Å². The van der Waals surface area contributed by atoms with Crippen molar-refractivity contribution in [2.75, 3.05) is 81.7 Å². The molecule has 1 rings (SSSR count). The van der Waals surface area contributed by atoms with E-state index in [1.54, 1.807) is 48.5 Å². The number of benzene rings is 1. The minimum absolute atomic E-state index is 0.0136. The molecule has 58 heavy (non-hydrogen) atoms. The maximum atomic E-state index is 13.7. The summed E-state index contributed by atoms with van der Waals surface area (Å²) in [5.74, 6) is -4.23. The first-order valence-electron chi connectivity index (χ1n) is 18.7. The lowest BCUT2D eigenvalue weighted by Gasteiger charge is -2.30. The monoisotopic (exact) mass is 1010 g/mol. The average molecular weight is 1020 g/mol. The molecule has 0 aliphatic heterocycles. The number of carbonyl (C=O) groups is 6. The van der Waals surface area contributed by atoms with E-state index >= 15 is 0 Å². The molecule has 0 amide bonds. The summed E-state index contributed by atoms with van der Waals surface area (Å²) in [5, 5.41) is 0. The zero-order valence-electron chi connectivity index (χ0n) is 36.1. The molecule has 3 atom stereocenters. The van der Waals surface area contributed by atoms with Crippen molar-refractivity contribution in [3.05, 3.63) is 18.2 Å². The van der Waals surface area contributed by atoms with E-state index in [0.29, 0.717) is 19.6 Å². The van der Waals surface area contributed by atoms with Gasteiger partial charge in [-0.2, -0.15) is 0 Å². The molecule has 0 saturated carbocycles. The minimum atomic E-state index is -1.26. The van der Waals surface area contributed by atoms with Crippen molar-refractivity contribution in [2.24, 2.45) is 16.2 Å². The van der Waals surface area contributed by atoms with Crippen LogP contribution < -0.4 is 14.2 Å². The normalized spacial score (nSPS) is 14.3. The van der Waals surface area contributed by atoms with Gasteiger partial charge in [0.05, 0.1) is 16.2 Å². The Bertz CT molecular complexity index is 1500. The fourth-order valence-corrected chi connectivity index (χ4v) is 7.67. The van der Waals surface area contributed by atoms with Gasteiger partial charge in [0.2, 0.25) is 0 Å². The molecule has 0 N–H and O–H groups in total. The molecule has 0 aliphatic rings. The maximum absolute atomic E-state index is 13.7. The number of halogens is 3. The van der Waals surface area contributed by atoms with Gasteiger partial charge in [0.25, 0.3) is 0 Å². The van der Waals surface area contributed by atoms with Gasteiger partial charge < -0.3 is 43.1 Å². The van der Waals surface area contributed by atoms with E-state index < -0.39 is 66.0 Å². The van der Waals surface area contributed by atoms with Crippen molar-refractivity contribution in [1.29, 1.82) is 0 Å². The number of alkyl halides is 3. The molecular formula is C40H62Br3N3O12. The van der Waals surface area contributed by atoms with Crippen LogP contribution in [0.15, 0.2) is 18.2 Å². The van der Waals surface area contributed by atoms with Crippen LogP contribution >= 0.6 is 47.8 Å². The zero-order chi connectivity index (χ0) is 44.8. The first kappa shape index (κ1) is 53.4. The van der Waals surface area contributed by atoms with Crippen LogP contribution in [0.2, 0.25) is 0 Å². The number of hydrogen-bond donors (Lipinski definition) is 0. The second kappa shape index (κ2) is 23.4. The molecule has 18 heteroatoms. The number of hydrogen-bond acceptors (Lipinski definition) is 15. The average Bonchev–Trinajstić information content (AvgIpc) is 3.06. The summed E-state index contributed by atoms with van der Waals surface area (Å²) >= 11 is 10.1. The van der Waals surface area contributed by atoms with Crippen LogP contribution in [0.1, 0.15) is 67.7 Å². The van der Waals surface area contributed by atoms with E-state index in [-0.39, 0.29) is 56.3 Å².